The zero-order valence-electron chi connectivity index (χ0n) is 12.8. The molecule has 1 fully saturated rings. The van der Waals surface area contributed by atoms with Gasteiger partial charge in [-0.25, -0.2) is 0 Å². The minimum absolute atomic E-state index is 0.476. The molecule has 1 saturated carbocycles. The molecular weight excluding hydrogens is 230 g/mol. The van der Waals surface area contributed by atoms with Crippen molar-refractivity contribution in [3.8, 4) is 0 Å². The Morgan fingerprint density at radius 1 is 1.16 bits per heavy atom. The van der Waals surface area contributed by atoms with Crippen LogP contribution in [0.4, 0.5) is 0 Å². The molecule has 0 heterocycles. The molecule has 0 aliphatic heterocycles. The minimum atomic E-state index is 0.476. The molecule has 1 aromatic rings. The van der Waals surface area contributed by atoms with Crippen LogP contribution in [-0.2, 0) is 0 Å². The second-order valence-corrected chi connectivity index (χ2v) is 6.34. The van der Waals surface area contributed by atoms with Gasteiger partial charge in [0, 0.05) is 6.04 Å². The Bertz CT molecular complexity index is 377. The molecule has 19 heavy (non-hydrogen) atoms. The highest BCUT2D eigenvalue weighted by molar-refractivity contribution is 5.24. The van der Waals surface area contributed by atoms with Crippen molar-refractivity contribution in [3.05, 3.63) is 35.4 Å². The quantitative estimate of drug-likeness (QED) is 0.796. The third-order valence-electron chi connectivity index (χ3n) is 4.80. The Balaban J connectivity index is 1.76. The van der Waals surface area contributed by atoms with Crippen molar-refractivity contribution in [1.82, 2.24) is 5.32 Å². The van der Waals surface area contributed by atoms with Gasteiger partial charge in [-0.15, -0.1) is 0 Å². The maximum Gasteiger partial charge on any atom is 0.0292 e. The zero-order valence-corrected chi connectivity index (χ0v) is 12.8. The molecule has 0 aromatic heterocycles. The van der Waals surface area contributed by atoms with Crippen LogP contribution in [0.15, 0.2) is 24.3 Å². The summed E-state index contributed by atoms with van der Waals surface area (Å²) in [6.45, 7) is 7.98. The monoisotopic (exact) mass is 259 g/mol. The highest BCUT2D eigenvalue weighted by atomic mass is 14.9. The van der Waals surface area contributed by atoms with Crippen LogP contribution in [0.5, 0.6) is 0 Å². The van der Waals surface area contributed by atoms with E-state index in [4.69, 9.17) is 0 Å². The fourth-order valence-electron chi connectivity index (χ4n) is 3.24. The summed E-state index contributed by atoms with van der Waals surface area (Å²) in [5, 5.41) is 3.73. The first-order valence-corrected chi connectivity index (χ1v) is 7.99. The zero-order chi connectivity index (χ0) is 13.7. The summed E-state index contributed by atoms with van der Waals surface area (Å²) in [6, 6.07) is 9.34. The molecule has 1 aliphatic rings. The van der Waals surface area contributed by atoms with Gasteiger partial charge in [0.15, 0.2) is 0 Å². The average Bonchev–Trinajstić information content (AvgIpc) is 2.45. The normalized spacial score (nSPS) is 25.2. The number of hydrogen-bond donors (Lipinski definition) is 1. The third-order valence-corrected chi connectivity index (χ3v) is 4.80. The molecule has 0 radical (unpaired) electrons. The van der Waals surface area contributed by atoms with Gasteiger partial charge in [-0.3, -0.25) is 0 Å². The first kappa shape index (κ1) is 14.6. The van der Waals surface area contributed by atoms with Crippen molar-refractivity contribution in [2.75, 3.05) is 6.54 Å². The summed E-state index contributed by atoms with van der Waals surface area (Å²) in [4.78, 5) is 0. The average molecular weight is 259 g/mol. The summed E-state index contributed by atoms with van der Waals surface area (Å²) >= 11 is 0. The molecule has 0 saturated heterocycles. The van der Waals surface area contributed by atoms with Gasteiger partial charge in [0.2, 0.25) is 0 Å². The van der Waals surface area contributed by atoms with Crippen molar-refractivity contribution in [1.29, 1.82) is 0 Å². The first-order chi connectivity index (χ1) is 9.19. The van der Waals surface area contributed by atoms with Crippen molar-refractivity contribution < 1.29 is 0 Å². The van der Waals surface area contributed by atoms with E-state index in [1.165, 1.54) is 49.8 Å². The van der Waals surface area contributed by atoms with E-state index >= 15 is 0 Å². The standard InChI is InChI=1S/C18H29N/c1-4-16-8-10-17(11-9-16)13-19-15(3)18-7-5-6-14(2)12-18/h5-7,12,15-17,19H,4,8-11,13H2,1-3H3. The Labute approximate surface area is 118 Å². The van der Waals surface area contributed by atoms with E-state index in [1.54, 1.807) is 0 Å². The predicted molar refractivity (Wildman–Crippen MR) is 83.3 cm³/mol. The molecule has 0 spiro atoms. The third kappa shape index (κ3) is 4.35. The van der Waals surface area contributed by atoms with E-state index in [-0.39, 0.29) is 0 Å². The number of nitrogens with one attached hydrogen (secondary N) is 1. The minimum Gasteiger partial charge on any atom is -0.310 e. The van der Waals surface area contributed by atoms with Gasteiger partial charge in [0.1, 0.15) is 0 Å². The Morgan fingerprint density at radius 3 is 2.47 bits per heavy atom. The second kappa shape index (κ2) is 7.09. The molecule has 0 amide bonds. The molecule has 1 N–H and O–H groups in total. The van der Waals surface area contributed by atoms with Gasteiger partial charge < -0.3 is 5.32 Å². The van der Waals surface area contributed by atoms with E-state index in [9.17, 15) is 0 Å². The first-order valence-electron chi connectivity index (χ1n) is 7.99. The van der Waals surface area contributed by atoms with Gasteiger partial charge in [-0.2, -0.15) is 0 Å². The fraction of sp³-hybridized carbons (Fsp3) is 0.667. The van der Waals surface area contributed by atoms with Crippen LogP contribution in [0.3, 0.4) is 0 Å². The van der Waals surface area contributed by atoms with Gasteiger partial charge in [0.25, 0.3) is 0 Å². The lowest BCUT2D eigenvalue weighted by atomic mass is 9.81. The molecule has 1 atom stereocenters. The Kier molecular flexibility index (Phi) is 5.45. The topological polar surface area (TPSA) is 12.0 Å². The van der Waals surface area contributed by atoms with Gasteiger partial charge in [0.05, 0.1) is 0 Å². The van der Waals surface area contributed by atoms with Gasteiger partial charge in [-0.05, 0) is 50.6 Å². The molecule has 1 nitrogen and oxygen atoms in total. The van der Waals surface area contributed by atoms with Crippen molar-refractivity contribution in [2.24, 2.45) is 11.8 Å². The van der Waals surface area contributed by atoms with Gasteiger partial charge in [-0.1, -0.05) is 56.0 Å². The highest BCUT2D eigenvalue weighted by Crippen LogP contribution is 2.30. The lowest BCUT2D eigenvalue weighted by Crippen LogP contribution is -2.28. The highest BCUT2D eigenvalue weighted by Gasteiger charge is 2.20. The van der Waals surface area contributed by atoms with Gasteiger partial charge >= 0.3 is 0 Å². The van der Waals surface area contributed by atoms with E-state index in [0.717, 1.165) is 11.8 Å². The van der Waals surface area contributed by atoms with Crippen molar-refractivity contribution in [3.63, 3.8) is 0 Å². The van der Waals surface area contributed by atoms with Crippen LogP contribution < -0.4 is 5.32 Å². The van der Waals surface area contributed by atoms with Crippen LogP contribution >= 0.6 is 0 Å². The van der Waals surface area contributed by atoms with Crippen LogP contribution in [0, 0.1) is 18.8 Å². The summed E-state index contributed by atoms with van der Waals surface area (Å²) in [5.74, 6) is 1.90. The molecule has 1 unspecified atom stereocenters. The lowest BCUT2D eigenvalue weighted by Gasteiger charge is -2.29. The number of benzene rings is 1. The smallest absolute Gasteiger partial charge is 0.0292 e. The molecule has 1 heteroatoms. The number of rotatable bonds is 5. The number of aryl methyl sites for hydroxylation is 1. The van der Waals surface area contributed by atoms with E-state index in [2.05, 4.69) is 50.4 Å². The lowest BCUT2D eigenvalue weighted by molar-refractivity contribution is 0.258. The van der Waals surface area contributed by atoms with Crippen molar-refractivity contribution >= 4 is 0 Å². The largest absolute Gasteiger partial charge is 0.310 e. The molecule has 1 aromatic carbocycles. The van der Waals surface area contributed by atoms with Crippen LogP contribution in [0.1, 0.15) is 63.1 Å². The predicted octanol–water partition coefficient (Wildman–Crippen LogP) is 4.86. The van der Waals surface area contributed by atoms with Crippen LogP contribution in [0.25, 0.3) is 0 Å². The molecule has 2 rings (SSSR count). The van der Waals surface area contributed by atoms with E-state index in [0.29, 0.717) is 6.04 Å². The number of hydrogen-bond acceptors (Lipinski definition) is 1. The summed E-state index contributed by atoms with van der Waals surface area (Å²) in [6.07, 6.45) is 7.11. The maximum absolute atomic E-state index is 3.73. The maximum atomic E-state index is 3.73. The van der Waals surface area contributed by atoms with Crippen LogP contribution in [0.2, 0.25) is 0 Å². The SMILES string of the molecule is CCC1CCC(CNC(C)c2cccc(C)c2)CC1. The second-order valence-electron chi connectivity index (χ2n) is 6.34. The van der Waals surface area contributed by atoms with Crippen LogP contribution in [-0.4, -0.2) is 6.54 Å². The molecule has 106 valence electrons. The molecule has 0 bridgehead atoms. The Hall–Kier alpha value is -0.820. The molecule has 1 aliphatic carbocycles. The summed E-state index contributed by atoms with van der Waals surface area (Å²) < 4.78 is 0. The summed E-state index contributed by atoms with van der Waals surface area (Å²) in [7, 11) is 0. The Morgan fingerprint density at radius 2 is 1.84 bits per heavy atom. The van der Waals surface area contributed by atoms with Crippen molar-refractivity contribution in [2.45, 2.75) is 58.9 Å². The summed E-state index contributed by atoms with van der Waals surface area (Å²) in [5.41, 5.74) is 2.77. The molecular formula is C18H29N. The fourth-order valence-corrected chi connectivity index (χ4v) is 3.24. The van der Waals surface area contributed by atoms with E-state index in [1.807, 2.05) is 0 Å². The van der Waals surface area contributed by atoms with E-state index < -0.39 is 0 Å².